The van der Waals surface area contributed by atoms with Crippen molar-refractivity contribution in [3.63, 3.8) is 0 Å². The van der Waals surface area contributed by atoms with Gasteiger partial charge in [0.1, 0.15) is 5.75 Å². The third-order valence-corrected chi connectivity index (χ3v) is 5.23. The molecule has 0 fully saturated rings. The van der Waals surface area contributed by atoms with E-state index in [-0.39, 0.29) is 11.8 Å². The van der Waals surface area contributed by atoms with Crippen LogP contribution in [0, 0.1) is 6.92 Å². The van der Waals surface area contributed by atoms with Crippen molar-refractivity contribution >= 4 is 28.3 Å². The molecule has 1 heterocycles. The number of rotatable bonds is 9. The van der Waals surface area contributed by atoms with Crippen LogP contribution >= 0.6 is 11.3 Å². The first-order chi connectivity index (χ1) is 14.6. The van der Waals surface area contributed by atoms with Gasteiger partial charge < -0.3 is 15.4 Å². The molecular weight excluding hydrogens is 398 g/mol. The molecule has 2 aromatic carbocycles. The SMILES string of the molecule is CCOc1ccccc1C(=O)NCCCC(=O)Nc1nc(-c2ccccc2C)cs1. The molecular formula is C23H25N3O3S. The zero-order valence-electron chi connectivity index (χ0n) is 17.1. The number of nitrogens with one attached hydrogen (secondary N) is 2. The van der Waals surface area contributed by atoms with Crippen molar-refractivity contribution < 1.29 is 14.3 Å². The van der Waals surface area contributed by atoms with Crippen molar-refractivity contribution in [3.8, 4) is 17.0 Å². The van der Waals surface area contributed by atoms with E-state index in [1.54, 1.807) is 18.2 Å². The van der Waals surface area contributed by atoms with E-state index < -0.39 is 0 Å². The van der Waals surface area contributed by atoms with Crippen molar-refractivity contribution in [3.05, 3.63) is 65.0 Å². The number of aromatic nitrogens is 1. The number of hydrogen-bond donors (Lipinski definition) is 2. The summed E-state index contributed by atoms with van der Waals surface area (Å²) in [5.74, 6) is 0.232. The van der Waals surface area contributed by atoms with Gasteiger partial charge in [0.25, 0.3) is 5.91 Å². The number of hydrogen-bond acceptors (Lipinski definition) is 5. The predicted octanol–water partition coefficient (Wildman–Crippen LogP) is 4.67. The van der Waals surface area contributed by atoms with E-state index in [2.05, 4.69) is 15.6 Å². The summed E-state index contributed by atoms with van der Waals surface area (Å²) < 4.78 is 5.48. The van der Waals surface area contributed by atoms with E-state index in [1.807, 2.05) is 49.6 Å². The van der Waals surface area contributed by atoms with Gasteiger partial charge in [0.05, 0.1) is 17.9 Å². The van der Waals surface area contributed by atoms with E-state index in [1.165, 1.54) is 11.3 Å². The van der Waals surface area contributed by atoms with Crippen LogP contribution < -0.4 is 15.4 Å². The number of carbonyl (C=O) groups is 2. The Kier molecular flexibility index (Phi) is 7.57. The van der Waals surface area contributed by atoms with Crippen LogP contribution in [0.2, 0.25) is 0 Å². The third kappa shape index (κ3) is 5.67. The van der Waals surface area contributed by atoms with Crippen molar-refractivity contribution in [1.82, 2.24) is 10.3 Å². The van der Waals surface area contributed by atoms with Gasteiger partial charge in [-0.1, -0.05) is 36.4 Å². The molecule has 3 aromatic rings. The summed E-state index contributed by atoms with van der Waals surface area (Å²) in [6.07, 6.45) is 0.830. The molecule has 3 rings (SSSR count). The minimum atomic E-state index is -0.206. The zero-order valence-corrected chi connectivity index (χ0v) is 17.9. The highest BCUT2D eigenvalue weighted by molar-refractivity contribution is 7.14. The quantitative estimate of drug-likeness (QED) is 0.490. The van der Waals surface area contributed by atoms with Crippen LogP contribution in [0.15, 0.2) is 53.9 Å². The first kappa shape index (κ1) is 21.5. The molecule has 0 bridgehead atoms. The van der Waals surface area contributed by atoms with Crippen LogP contribution in [0.1, 0.15) is 35.7 Å². The summed E-state index contributed by atoms with van der Waals surface area (Å²) in [5, 5.41) is 8.19. The molecule has 0 saturated heterocycles. The number of benzene rings is 2. The lowest BCUT2D eigenvalue weighted by Crippen LogP contribution is -2.26. The lowest BCUT2D eigenvalue weighted by atomic mass is 10.1. The Morgan fingerprint density at radius 3 is 2.67 bits per heavy atom. The zero-order chi connectivity index (χ0) is 21.3. The standard InChI is InChI=1S/C23H25N3O3S/c1-3-29-20-12-7-6-11-18(20)22(28)24-14-8-13-21(27)26-23-25-19(15-30-23)17-10-5-4-9-16(17)2/h4-7,9-12,15H,3,8,13-14H2,1-2H3,(H,24,28)(H,25,26,27). The second kappa shape index (κ2) is 10.5. The Hall–Kier alpha value is -3.19. The number of ether oxygens (including phenoxy) is 1. The average molecular weight is 424 g/mol. The highest BCUT2D eigenvalue weighted by atomic mass is 32.1. The van der Waals surface area contributed by atoms with Crippen LogP contribution in [-0.2, 0) is 4.79 Å². The lowest BCUT2D eigenvalue weighted by Gasteiger charge is -2.10. The van der Waals surface area contributed by atoms with Crippen molar-refractivity contribution in [2.45, 2.75) is 26.7 Å². The highest BCUT2D eigenvalue weighted by Crippen LogP contribution is 2.27. The molecule has 2 amide bonds. The van der Waals surface area contributed by atoms with Crippen molar-refractivity contribution in [2.24, 2.45) is 0 Å². The Morgan fingerprint density at radius 2 is 1.87 bits per heavy atom. The summed E-state index contributed by atoms with van der Waals surface area (Å²) >= 11 is 1.40. The van der Waals surface area contributed by atoms with Gasteiger partial charge >= 0.3 is 0 Å². The maximum Gasteiger partial charge on any atom is 0.255 e. The van der Waals surface area contributed by atoms with E-state index in [9.17, 15) is 9.59 Å². The molecule has 0 spiro atoms. The van der Waals surface area contributed by atoms with Crippen LogP contribution in [0.5, 0.6) is 5.75 Å². The molecule has 7 heteroatoms. The molecule has 0 aliphatic rings. The van der Waals surface area contributed by atoms with Gasteiger partial charge in [-0.2, -0.15) is 0 Å². The number of para-hydroxylation sites is 1. The predicted molar refractivity (Wildman–Crippen MR) is 120 cm³/mol. The topological polar surface area (TPSA) is 80.3 Å². The van der Waals surface area contributed by atoms with Crippen LogP contribution in [0.25, 0.3) is 11.3 Å². The molecule has 6 nitrogen and oxygen atoms in total. The van der Waals surface area contributed by atoms with Crippen LogP contribution in [0.4, 0.5) is 5.13 Å². The van der Waals surface area contributed by atoms with Gasteiger partial charge in [-0.05, 0) is 38.0 Å². The summed E-state index contributed by atoms with van der Waals surface area (Å²) in [6, 6.07) is 15.1. The smallest absolute Gasteiger partial charge is 0.255 e. The Labute approximate surface area is 180 Å². The van der Waals surface area contributed by atoms with Crippen LogP contribution in [-0.4, -0.2) is 29.9 Å². The van der Waals surface area contributed by atoms with Gasteiger partial charge in [-0.25, -0.2) is 4.98 Å². The number of amides is 2. The summed E-state index contributed by atoms with van der Waals surface area (Å²) in [7, 11) is 0. The molecule has 30 heavy (non-hydrogen) atoms. The third-order valence-electron chi connectivity index (χ3n) is 4.47. The molecule has 156 valence electrons. The first-order valence-corrected chi connectivity index (χ1v) is 10.8. The largest absolute Gasteiger partial charge is 0.493 e. The summed E-state index contributed by atoms with van der Waals surface area (Å²) in [4.78, 5) is 29.1. The maximum absolute atomic E-state index is 12.3. The normalized spacial score (nSPS) is 10.5. The molecule has 0 aliphatic heterocycles. The Morgan fingerprint density at radius 1 is 1.10 bits per heavy atom. The lowest BCUT2D eigenvalue weighted by molar-refractivity contribution is -0.116. The highest BCUT2D eigenvalue weighted by Gasteiger charge is 2.12. The molecule has 1 aromatic heterocycles. The van der Waals surface area contributed by atoms with Gasteiger partial charge in [0.2, 0.25) is 5.91 Å². The Balaban J connectivity index is 1.45. The van der Waals surface area contributed by atoms with E-state index in [0.29, 0.717) is 42.4 Å². The average Bonchev–Trinajstić information content (AvgIpc) is 3.20. The van der Waals surface area contributed by atoms with Gasteiger partial charge in [0.15, 0.2) is 5.13 Å². The van der Waals surface area contributed by atoms with Crippen molar-refractivity contribution in [1.29, 1.82) is 0 Å². The monoisotopic (exact) mass is 423 g/mol. The first-order valence-electron chi connectivity index (χ1n) is 9.90. The van der Waals surface area contributed by atoms with E-state index in [0.717, 1.165) is 16.8 Å². The van der Waals surface area contributed by atoms with Crippen molar-refractivity contribution in [2.75, 3.05) is 18.5 Å². The number of thiazole rings is 1. The van der Waals surface area contributed by atoms with E-state index >= 15 is 0 Å². The maximum atomic E-state index is 12.3. The minimum Gasteiger partial charge on any atom is -0.493 e. The molecule has 0 atom stereocenters. The van der Waals surface area contributed by atoms with Gasteiger partial charge in [-0.15, -0.1) is 11.3 Å². The molecule has 0 unspecified atom stereocenters. The number of nitrogens with zero attached hydrogens (tertiary/aromatic N) is 1. The number of anilines is 1. The van der Waals surface area contributed by atoms with Gasteiger partial charge in [0, 0.05) is 23.9 Å². The Bertz CT molecular complexity index is 1020. The number of aryl methyl sites for hydroxylation is 1. The van der Waals surface area contributed by atoms with Crippen LogP contribution in [0.3, 0.4) is 0 Å². The number of carbonyl (C=O) groups excluding carboxylic acids is 2. The summed E-state index contributed by atoms with van der Waals surface area (Å²) in [6.45, 7) is 4.81. The van der Waals surface area contributed by atoms with Gasteiger partial charge in [-0.3, -0.25) is 9.59 Å². The second-order valence-corrected chi connectivity index (χ2v) is 7.55. The molecule has 2 N–H and O–H groups in total. The molecule has 0 saturated carbocycles. The fraction of sp³-hybridized carbons (Fsp3) is 0.261. The fourth-order valence-electron chi connectivity index (χ4n) is 2.98. The van der Waals surface area contributed by atoms with E-state index in [4.69, 9.17) is 4.74 Å². The fourth-order valence-corrected chi connectivity index (χ4v) is 3.71. The molecule has 0 radical (unpaired) electrons. The molecule has 0 aliphatic carbocycles. The summed E-state index contributed by atoms with van der Waals surface area (Å²) in [5.41, 5.74) is 3.55. The second-order valence-electron chi connectivity index (χ2n) is 6.69. The minimum absolute atomic E-state index is 0.121.